The van der Waals surface area contributed by atoms with Gasteiger partial charge in [-0.25, -0.2) is 8.42 Å². The van der Waals surface area contributed by atoms with Gasteiger partial charge in [-0.3, -0.25) is 9.59 Å². The van der Waals surface area contributed by atoms with Crippen LogP contribution in [0.3, 0.4) is 0 Å². The Hall–Kier alpha value is -4.12. The standard InChI is InChI=1S/C22H18N4O6S/c27-21(14-4-6-18-19(10-14)32-13-31-18)23-16-2-1-3-17(11-16)24-22(28)15-5-7-20-25-33(29,30)9-8-26(20)12-15/h1-7,10-12H,8-9,13H2,(H,23,27)(H,24,28). The Morgan fingerprint density at radius 2 is 1.70 bits per heavy atom. The first kappa shape index (κ1) is 20.8. The Balaban J connectivity index is 1.26. The number of anilines is 2. The van der Waals surface area contributed by atoms with Gasteiger partial charge in [-0.2, -0.15) is 0 Å². The highest BCUT2D eigenvalue weighted by Gasteiger charge is 2.25. The minimum absolute atomic E-state index is 0.110. The number of hydrogen-bond acceptors (Lipinski definition) is 7. The van der Waals surface area contributed by atoms with Crippen molar-refractivity contribution in [2.45, 2.75) is 0 Å². The van der Waals surface area contributed by atoms with E-state index in [4.69, 9.17) is 9.47 Å². The first-order valence-electron chi connectivity index (χ1n) is 9.98. The number of carbonyl (C=O) groups excluding carboxylic acids is 2. The van der Waals surface area contributed by atoms with Crippen LogP contribution in [0.25, 0.3) is 0 Å². The third-order valence-electron chi connectivity index (χ3n) is 5.10. The monoisotopic (exact) mass is 466 g/mol. The molecule has 0 fully saturated rings. The van der Waals surface area contributed by atoms with Crippen LogP contribution in [0.4, 0.5) is 11.4 Å². The molecule has 10 nitrogen and oxygen atoms in total. The van der Waals surface area contributed by atoms with Crippen LogP contribution >= 0.6 is 0 Å². The van der Waals surface area contributed by atoms with Crippen molar-refractivity contribution in [3.63, 3.8) is 0 Å². The molecular weight excluding hydrogens is 448 g/mol. The molecule has 0 bridgehead atoms. The van der Waals surface area contributed by atoms with Crippen LogP contribution in [0, 0.1) is 0 Å². The van der Waals surface area contributed by atoms with E-state index in [1.54, 1.807) is 53.6 Å². The third kappa shape index (κ3) is 4.44. The molecule has 0 aromatic heterocycles. The van der Waals surface area contributed by atoms with Crippen LogP contribution in [-0.2, 0) is 14.8 Å². The molecule has 3 heterocycles. The molecule has 0 atom stereocenters. The second kappa shape index (κ2) is 8.10. The highest BCUT2D eigenvalue weighted by Crippen LogP contribution is 2.32. The summed E-state index contributed by atoms with van der Waals surface area (Å²) in [6, 6.07) is 11.7. The second-order valence-electron chi connectivity index (χ2n) is 7.40. The molecule has 11 heteroatoms. The summed E-state index contributed by atoms with van der Waals surface area (Å²) in [6.07, 6.45) is 4.57. The summed E-state index contributed by atoms with van der Waals surface area (Å²) in [4.78, 5) is 26.9. The highest BCUT2D eigenvalue weighted by molar-refractivity contribution is 7.90. The number of sulfonamides is 1. The Morgan fingerprint density at radius 3 is 2.52 bits per heavy atom. The molecule has 2 N–H and O–H groups in total. The van der Waals surface area contributed by atoms with Gasteiger partial charge in [0.1, 0.15) is 5.84 Å². The van der Waals surface area contributed by atoms with E-state index in [1.807, 2.05) is 0 Å². The highest BCUT2D eigenvalue weighted by atomic mass is 32.2. The lowest BCUT2D eigenvalue weighted by molar-refractivity contribution is -0.112. The normalized spacial score (nSPS) is 17.5. The van der Waals surface area contributed by atoms with Gasteiger partial charge < -0.3 is 25.0 Å². The fourth-order valence-corrected chi connectivity index (χ4v) is 4.42. The molecule has 3 aliphatic rings. The minimum atomic E-state index is -3.46. The number of carbonyl (C=O) groups is 2. The van der Waals surface area contributed by atoms with Crippen molar-refractivity contribution >= 4 is 39.0 Å². The van der Waals surface area contributed by atoms with Gasteiger partial charge in [0, 0.05) is 29.7 Å². The zero-order valence-electron chi connectivity index (χ0n) is 17.1. The average Bonchev–Trinajstić information content (AvgIpc) is 3.26. The molecule has 2 aromatic carbocycles. The maximum absolute atomic E-state index is 12.7. The van der Waals surface area contributed by atoms with Crippen molar-refractivity contribution in [2.24, 2.45) is 4.40 Å². The van der Waals surface area contributed by atoms with Gasteiger partial charge in [0.25, 0.3) is 21.8 Å². The molecule has 0 spiro atoms. The van der Waals surface area contributed by atoms with E-state index in [2.05, 4.69) is 15.0 Å². The van der Waals surface area contributed by atoms with Gasteiger partial charge in [0.05, 0.1) is 11.3 Å². The predicted octanol–water partition coefficient (Wildman–Crippen LogP) is 2.10. The van der Waals surface area contributed by atoms with Crippen molar-refractivity contribution in [1.29, 1.82) is 0 Å². The second-order valence-corrected chi connectivity index (χ2v) is 9.16. The third-order valence-corrected chi connectivity index (χ3v) is 6.26. The molecule has 3 aliphatic heterocycles. The quantitative estimate of drug-likeness (QED) is 0.707. The van der Waals surface area contributed by atoms with Crippen molar-refractivity contribution in [2.75, 3.05) is 29.7 Å². The van der Waals surface area contributed by atoms with Crippen LogP contribution in [-0.4, -0.2) is 50.1 Å². The van der Waals surface area contributed by atoms with E-state index < -0.39 is 10.0 Å². The largest absolute Gasteiger partial charge is 0.454 e. The molecule has 0 radical (unpaired) electrons. The van der Waals surface area contributed by atoms with E-state index in [0.29, 0.717) is 34.0 Å². The molecule has 5 rings (SSSR count). The van der Waals surface area contributed by atoms with Crippen molar-refractivity contribution < 1.29 is 27.5 Å². The molecule has 2 amide bonds. The number of nitrogens with zero attached hydrogens (tertiary/aromatic N) is 2. The average molecular weight is 466 g/mol. The zero-order chi connectivity index (χ0) is 23.0. The summed E-state index contributed by atoms with van der Waals surface area (Å²) < 4.78 is 37.5. The van der Waals surface area contributed by atoms with Gasteiger partial charge in [-0.1, -0.05) is 6.07 Å². The van der Waals surface area contributed by atoms with Crippen LogP contribution in [0.2, 0.25) is 0 Å². The van der Waals surface area contributed by atoms with Crippen LogP contribution in [0.1, 0.15) is 10.4 Å². The van der Waals surface area contributed by atoms with Crippen molar-refractivity contribution in [3.8, 4) is 11.5 Å². The lowest BCUT2D eigenvalue weighted by Gasteiger charge is -2.26. The topological polar surface area (TPSA) is 126 Å². The van der Waals surface area contributed by atoms with Gasteiger partial charge >= 0.3 is 0 Å². The van der Waals surface area contributed by atoms with Gasteiger partial charge in [0.2, 0.25) is 6.79 Å². The van der Waals surface area contributed by atoms with Crippen molar-refractivity contribution in [1.82, 2.24) is 4.90 Å². The number of amides is 2. The summed E-state index contributed by atoms with van der Waals surface area (Å²) in [5.41, 5.74) is 1.74. The molecule has 168 valence electrons. The first-order valence-corrected chi connectivity index (χ1v) is 11.6. The number of nitrogens with one attached hydrogen (secondary N) is 2. The fraction of sp³-hybridized carbons (Fsp3) is 0.136. The lowest BCUT2D eigenvalue weighted by Crippen LogP contribution is -2.37. The number of fused-ring (bicyclic) bond motifs is 2. The van der Waals surface area contributed by atoms with Crippen LogP contribution < -0.4 is 20.1 Å². The van der Waals surface area contributed by atoms with Crippen LogP contribution in [0.5, 0.6) is 11.5 Å². The minimum Gasteiger partial charge on any atom is -0.454 e. The zero-order valence-corrected chi connectivity index (χ0v) is 18.0. The van der Waals surface area contributed by atoms with E-state index >= 15 is 0 Å². The molecule has 0 saturated carbocycles. The maximum Gasteiger partial charge on any atom is 0.257 e. The summed E-state index contributed by atoms with van der Waals surface area (Å²) >= 11 is 0. The van der Waals surface area contributed by atoms with Crippen molar-refractivity contribution in [3.05, 3.63) is 72.0 Å². The number of ether oxygens (including phenoxy) is 2. The molecule has 2 aromatic rings. The van der Waals surface area contributed by atoms with E-state index in [0.717, 1.165) is 0 Å². The Morgan fingerprint density at radius 1 is 0.939 bits per heavy atom. The smallest absolute Gasteiger partial charge is 0.257 e. The Bertz CT molecular complexity index is 1360. The summed E-state index contributed by atoms with van der Waals surface area (Å²) in [5, 5.41) is 5.57. The number of hydrogen-bond donors (Lipinski definition) is 2. The maximum atomic E-state index is 12.7. The van der Waals surface area contributed by atoms with E-state index in [-0.39, 0.29) is 36.7 Å². The van der Waals surface area contributed by atoms with E-state index in [9.17, 15) is 18.0 Å². The lowest BCUT2D eigenvalue weighted by atomic mass is 10.1. The fourth-order valence-electron chi connectivity index (χ4n) is 3.45. The van der Waals surface area contributed by atoms with Gasteiger partial charge in [-0.15, -0.1) is 4.40 Å². The number of amidine groups is 1. The number of benzene rings is 2. The van der Waals surface area contributed by atoms with Gasteiger partial charge in [-0.05, 0) is 48.6 Å². The predicted molar refractivity (Wildman–Crippen MR) is 121 cm³/mol. The molecular formula is C22H18N4O6S. The molecule has 0 aliphatic carbocycles. The van der Waals surface area contributed by atoms with Gasteiger partial charge in [0.15, 0.2) is 11.5 Å². The molecule has 33 heavy (non-hydrogen) atoms. The SMILES string of the molecule is O=C(Nc1cccc(NC(=O)c2ccc3c(c2)OCO3)c1)C1=CN2CCS(=O)(=O)N=C2C=C1. The number of rotatable bonds is 4. The summed E-state index contributed by atoms with van der Waals surface area (Å²) in [7, 11) is -3.46. The Labute approximate surface area is 189 Å². The Kier molecular flexibility index (Phi) is 5.09. The van der Waals surface area contributed by atoms with E-state index in [1.165, 1.54) is 12.2 Å². The first-order chi connectivity index (χ1) is 15.9. The van der Waals surface area contributed by atoms with Crippen LogP contribution in [0.15, 0.2) is 70.8 Å². The summed E-state index contributed by atoms with van der Waals surface area (Å²) in [6.45, 7) is 0.350. The molecule has 0 unspecified atom stereocenters. The molecule has 0 saturated heterocycles. The summed E-state index contributed by atoms with van der Waals surface area (Å²) in [5.74, 6) is 0.565.